The second kappa shape index (κ2) is 7.77. The summed E-state index contributed by atoms with van der Waals surface area (Å²) in [6.07, 6.45) is 0.0997. The van der Waals surface area contributed by atoms with Crippen molar-refractivity contribution in [3.05, 3.63) is 65.2 Å². The number of rotatable bonds is 6. The van der Waals surface area contributed by atoms with Gasteiger partial charge in [-0.05, 0) is 57.5 Å². The highest BCUT2D eigenvalue weighted by Crippen LogP contribution is 2.17. The van der Waals surface area contributed by atoms with Gasteiger partial charge in [-0.3, -0.25) is 9.59 Å². The van der Waals surface area contributed by atoms with Gasteiger partial charge in [-0.25, -0.2) is 0 Å². The Morgan fingerprint density at radius 2 is 1.42 bits per heavy atom. The van der Waals surface area contributed by atoms with Crippen molar-refractivity contribution >= 4 is 11.7 Å². The molecule has 0 saturated carbocycles. The number of Topliss-reactive ketones (excluding diaryl/α,β-unsaturated/α-hetero) is 1. The quantitative estimate of drug-likeness (QED) is 0.811. The Labute approximate surface area is 142 Å². The molecule has 2 aromatic carbocycles. The van der Waals surface area contributed by atoms with E-state index in [4.69, 9.17) is 4.74 Å². The molecular formula is C20H23NO3. The molecule has 0 radical (unpaired) electrons. The van der Waals surface area contributed by atoms with Crippen LogP contribution in [0.4, 0.5) is 0 Å². The lowest BCUT2D eigenvalue weighted by atomic mass is 10.0. The molecule has 4 heteroatoms. The SMILES string of the molecule is CC(=O)c1ccc(C(C)NC(=O)c2ccc(OC(C)C)cc2)cc1. The molecule has 126 valence electrons. The third-order valence-corrected chi connectivity index (χ3v) is 3.65. The van der Waals surface area contributed by atoms with E-state index in [0.29, 0.717) is 11.1 Å². The Kier molecular flexibility index (Phi) is 5.74. The lowest BCUT2D eigenvalue weighted by molar-refractivity contribution is 0.0938. The molecule has 0 aromatic heterocycles. The van der Waals surface area contributed by atoms with Gasteiger partial charge in [0.05, 0.1) is 12.1 Å². The smallest absolute Gasteiger partial charge is 0.251 e. The van der Waals surface area contributed by atoms with E-state index in [0.717, 1.165) is 11.3 Å². The summed E-state index contributed by atoms with van der Waals surface area (Å²) in [4.78, 5) is 23.6. The van der Waals surface area contributed by atoms with Gasteiger partial charge in [0.2, 0.25) is 0 Å². The second-order valence-electron chi connectivity index (χ2n) is 6.06. The maximum absolute atomic E-state index is 12.3. The van der Waals surface area contributed by atoms with Crippen molar-refractivity contribution in [2.75, 3.05) is 0 Å². The van der Waals surface area contributed by atoms with Crippen LogP contribution in [0, 0.1) is 0 Å². The summed E-state index contributed by atoms with van der Waals surface area (Å²) in [6.45, 7) is 7.36. The van der Waals surface area contributed by atoms with Gasteiger partial charge in [0, 0.05) is 11.1 Å². The van der Waals surface area contributed by atoms with E-state index < -0.39 is 0 Å². The van der Waals surface area contributed by atoms with Gasteiger partial charge in [-0.15, -0.1) is 0 Å². The topological polar surface area (TPSA) is 55.4 Å². The largest absolute Gasteiger partial charge is 0.491 e. The van der Waals surface area contributed by atoms with Gasteiger partial charge in [0.1, 0.15) is 5.75 Å². The first-order valence-corrected chi connectivity index (χ1v) is 8.05. The summed E-state index contributed by atoms with van der Waals surface area (Å²) in [5.74, 6) is 0.630. The molecular weight excluding hydrogens is 302 g/mol. The van der Waals surface area contributed by atoms with Crippen LogP contribution in [0.1, 0.15) is 60.0 Å². The Balaban J connectivity index is 2.01. The average Bonchev–Trinajstić information content (AvgIpc) is 2.55. The minimum absolute atomic E-state index is 0.0296. The number of carbonyl (C=O) groups is 2. The van der Waals surface area contributed by atoms with E-state index in [1.54, 1.807) is 36.4 Å². The maximum Gasteiger partial charge on any atom is 0.251 e. The van der Waals surface area contributed by atoms with Crippen LogP contribution in [-0.4, -0.2) is 17.8 Å². The van der Waals surface area contributed by atoms with Gasteiger partial charge in [-0.2, -0.15) is 0 Å². The van der Waals surface area contributed by atoms with Crippen LogP contribution in [0.2, 0.25) is 0 Å². The number of carbonyl (C=O) groups excluding carboxylic acids is 2. The molecule has 0 fully saturated rings. The van der Waals surface area contributed by atoms with Crippen molar-refractivity contribution in [3.8, 4) is 5.75 Å². The number of hydrogen-bond acceptors (Lipinski definition) is 3. The first-order valence-electron chi connectivity index (χ1n) is 8.05. The maximum atomic E-state index is 12.3. The molecule has 1 amide bonds. The molecule has 4 nitrogen and oxygen atoms in total. The molecule has 1 unspecified atom stereocenters. The summed E-state index contributed by atoms with van der Waals surface area (Å²) in [7, 11) is 0. The Hall–Kier alpha value is -2.62. The van der Waals surface area contributed by atoms with E-state index in [2.05, 4.69) is 5.32 Å². The predicted octanol–water partition coefficient (Wildman–Crippen LogP) is 4.17. The lowest BCUT2D eigenvalue weighted by Crippen LogP contribution is -2.26. The minimum atomic E-state index is -0.148. The number of benzene rings is 2. The Morgan fingerprint density at radius 1 is 0.875 bits per heavy atom. The van der Waals surface area contributed by atoms with Crippen molar-refractivity contribution in [2.24, 2.45) is 0 Å². The lowest BCUT2D eigenvalue weighted by Gasteiger charge is -2.15. The van der Waals surface area contributed by atoms with Crippen LogP contribution >= 0.6 is 0 Å². The average molecular weight is 325 g/mol. The molecule has 0 aliphatic heterocycles. The van der Waals surface area contributed by atoms with Crippen molar-refractivity contribution in [3.63, 3.8) is 0 Å². The normalized spacial score (nSPS) is 11.9. The molecule has 2 aromatic rings. The van der Waals surface area contributed by atoms with Gasteiger partial charge in [-0.1, -0.05) is 24.3 Å². The number of ether oxygens (including phenoxy) is 1. The minimum Gasteiger partial charge on any atom is -0.491 e. The van der Waals surface area contributed by atoms with Crippen LogP contribution in [0.5, 0.6) is 5.75 Å². The summed E-state index contributed by atoms with van der Waals surface area (Å²) in [5, 5.41) is 2.96. The van der Waals surface area contributed by atoms with Crippen LogP contribution in [0.15, 0.2) is 48.5 Å². The zero-order valence-corrected chi connectivity index (χ0v) is 14.5. The zero-order valence-electron chi connectivity index (χ0n) is 14.5. The van der Waals surface area contributed by atoms with Crippen LogP contribution in [-0.2, 0) is 0 Å². The van der Waals surface area contributed by atoms with Crippen molar-refractivity contribution in [2.45, 2.75) is 39.8 Å². The van der Waals surface area contributed by atoms with Gasteiger partial charge >= 0.3 is 0 Å². The summed E-state index contributed by atoms with van der Waals surface area (Å²) in [5.41, 5.74) is 2.20. The molecule has 0 spiro atoms. The van der Waals surface area contributed by atoms with E-state index >= 15 is 0 Å². The van der Waals surface area contributed by atoms with Crippen molar-refractivity contribution < 1.29 is 14.3 Å². The first-order chi connectivity index (χ1) is 11.4. The fourth-order valence-electron chi connectivity index (χ4n) is 2.33. The predicted molar refractivity (Wildman–Crippen MR) is 94.5 cm³/mol. The molecule has 0 aliphatic carbocycles. The number of amides is 1. The highest BCUT2D eigenvalue weighted by Gasteiger charge is 2.12. The fraction of sp³-hybridized carbons (Fsp3) is 0.300. The summed E-state index contributed by atoms with van der Waals surface area (Å²) >= 11 is 0. The highest BCUT2D eigenvalue weighted by molar-refractivity contribution is 5.95. The molecule has 1 atom stereocenters. The third kappa shape index (κ3) is 4.69. The molecule has 24 heavy (non-hydrogen) atoms. The fourth-order valence-corrected chi connectivity index (χ4v) is 2.33. The van der Waals surface area contributed by atoms with Gasteiger partial charge < -0.3 is 10.1 Å². The van der Waals surface area contributed by atoms with E-state index in [1.807, 2.05) is 32.9 Å². The summed E-state index contributed by atoms with van der Waals surface area (Å²) in [6, 6.07) is 14.2. The van der Waals surface area contributed by atoms with Gasteiger partial charge in [0.15, 0.2) is 5.78 Å². The Morgan fingerprint density at radius 3 is 1.92 bits per heavy atom. The monoisotopic (exact) mass is 325 g/mol. The number of hydrogen-bond donors (Lipinski definition) is 1. The van der Waals surface area contributed by atoms with Crippen molar-refractivity contribution in [1.29, 1.82) is 0 Å². The molecule has 0 bridgehead atoms. The highest BCUT2D eigenvalue weighted by atomic mass is 16.5. The van der Waals surface area contributed by atoms with Crippen LogP contribution in [0.25, 0.3) is 0 Å². The number of nitrogens with one attached hydrogen (secondary N) is 1. The van der Waals surface area contributed by atoms with Crippen LogP contribution in [0.3, 0.4) is 0 Å². The molecule has 1 N–H and O–H groups in total. The standard InChI is InChI=1S/C20H23NO3/c1-13(2)24-19-11-9-18(10-12-19)20(23)21-14(3)16-5-7-17(8-6-16)15(4)22/h5-14H,1-4H3,(H,21,23). The molecule has 0 heterocycles. The van der Waals surface area contributed by atoms with Crippen molar-refractivity contribution in [1.82, 2.24) is 5.32 Å². The first kappa shape index (κ1) is 17.7. The third-order valence-electron chi connectivity index (χ3n) is 3.65. The second-order valence-corrected chi connectivity index (χ2v) is 6.06. The number of ketones is 1. The molecule has 0 saturated heterocycles. The van der Waals surface area contributed by atoms with Gasteiger partial charge in [0.25, 0.3) is 5.91 Å². The van der Waals surface area contributed by atoms with E-state index in [-0.39, 0.29) is 23.8 Å². The van der Waals surface area contributed by atoms with Crippen LogP contribution < -0.4 is 10.1 Å². The summed E-state index contributed by atoms with van der Waals surface area (Å²) < 4.78 is 5.57. The van der Waals surface area contributed by atoms with E-state index in [9.17, 15) is 9.59 Å². The molecule has 2 rings (SSSR count). The van der Waals surface area contributed by atoms with E-state index in [1.165, 1.54) is 6.92 Å². The molecule has 0 aliphatic rings. The zero-order chi connectivity index (χ0) is 17.7. The Bertz CT molecular complexity index is 703.